The lowest BCUT2D eigenvalue weighted by molar-refractivity contribution is 0.457. The summed E-state index contributed by atoms with van der Waals surface area (Å²) in [5.74, 6) is 0. The molecule has 0 bridgehead atoms. The molecule has 0 saturated carbocycles. The summed E-state index contributed by atoms with van der Waals surface area (Å²) in [5, 5.41) is 0. The molecule has 0 aromatic heterocycles. The van der Waals surface area contributed by atoms with Crippen molar-refractivity contribution in [2.45, 2.75) is 122 Å². The van der Waals surface area contributed by atoms with E-state index < -0.39 is 0 Å². The number of hydrogen-bond donors (Lipinski definition) is 1. The van der Waals surface area contributed by atoms with Crippen LogP contribution in [0.3, 0.4) is 0 Å². The number of nitrogens with zero attached hydrogens (tertiary/aromatic N) is 1. The lowest BCUT2D eigenvalue weighted by Gasteiger charge is -2.01. The van der Waals surface area contributed by atoms with Gasteiger partial charge in [0.1, 0.15) is 0 Å². The molecule has 0 radical (unpaired) electrons. The van der Waals surface area contributed by atoms with Gasteiger partial charge in [0.05, 0.1) is 0 Å². The zero-order valence-electron chi connectivity index (χ0n) is 20.6. The zero-order valence-corrected chi connectivity index (χ0v) is 20.6. The SMILES string of the molecule is C=CCN(C)C.CCCCCCCC/C=C\CCCCCCCCCCCCN. The maximum atomic E-state index is 5.50. The average Bonchev–Trinajstić information content (AvgIpc) is 2.70. The second-order valence-corrected chi connectivity index (χ2v) is 8.69. The van der Waals surface area contributed by atoms with E-state index in [1.165, 1.54) is 116 Å². The van der Waals surface area contributed by atoms with Gasteiger partial charge >= 0.3 is 0 Å². The van der Waals surface area contributed by atoms with E-state index in [0.717, 1.165) is 13.1 Å². The molecule has 174 valence electrons. The summed E-state index contributed by atoms with van der Waals surface area (Å²) in [6, 6.07) is 0. The topological polar surface area (TPSA) is 29.3 Å². The third-order valence-electron chi connectivity index (χ3n) is 5.21. The van der Waals surface area contributed by atoms with Crippen molar-refractivity contribution in [2.24, 2.45) is 5.73 Å². The predicted octanol–water partition coefficient (Wildman–Crippen LogP) is 8.28. The predicted molar refractivity (Wildman–Crippen MR) is 136 cm³/mol. The van der Waals surface area contributed by atoms with Gasteiger partial charge in [0.15, 0.2) is 0 Å². The van der Waals surface area contributed by atoms with Gasteiger partial charge in [0.25, 0.3) is 0 Å². The van der Waals surface area contributed by atoms with E-state index in [2.05, 4.69) is 30.6 Å². The molecule has 0 aromatic carbocycles. The Labute approximate surface area is 185 Å². The highest BCUT2D eigenvalue weighted by molar-refractivity contribution is 4.81. The first-order valence-corrected chi connectivity index (χ1v) is 12.8. The van der Waals surface area contributed by atoms with Gasteiger partial charge in [0.2, 0.25) is 0 Å². The Morgan fingerprint density at radius 3 is 1.31 bits per heavy atom. The molecule has 29 heavy (non-hydrogen) atoms. The molecule has 0 saturated heterocycles. The van der Waals surface area contributed by atoms with E-state index in [1.54, 1.807) is 0 Å². The molecule has 0 heterocycles. The van der Waals surface area contributed by atoms with Crippen LogP contribution in [-0.4, -0.2) is 32.1 Å². The molecular weight excluding hydrogens is 352 g/mol. The third-order valence-corrected chi connectivity index (χ3v) is 5.21. The first kappa shape index (κ1) is 30.6. The van der Waals surface area contributed by atoms with E-state index >= 15 is 0 Å². The van der Waals surface area contributed by atoms with Gasteiger partial charge in [-0.1, -0.05) is 109 Å². The minimum atomic E-state index is 0.868. The van der Waals surface area contributed by atoms with E-state index in [9.17, 15) is 0 Å². The molecule has 0 aliphatic carbocycles. The maximum absolute atomic E-state index is 5.50. The number of likely N-dealkylation sites (N-methyl/N-ethyl adjacent to an activating group) is 1. The van der Waals surface area contributed by atoms with Crippen molar-refractivity contribution in [1.82, 2.24) is 4.90 Å². The van der Waals surface area contributed by atoms with E-state index in [1.807, 2.05) is 20.2 Å². The number of nitrogens with two attached hydrogens (primary N) is 1. The molecule has 0 amide bonds. The molecule has 2 heteroatoms. The van der Waals surface area contributed by atoms with E-state index in [-0.39, 0.29) is 0 Å². The second kappa shape index (κ2) is 29.6. The van der Waals surface area contributed by atoms with Crippen LogP contribution in [0.4, 0.5) is 0 Å². The van der Waals surface area contributed by atoms with Crippen LogP contribution in [-0.2, 0) is 0 Å². The number of unbranched alkanes of at least 4 members (excludes halogenated alkanes) is 16. The molecule has 2 nitrogen and oxygen atoms in total. The Hall–Kier alpha value is -0.600. The summed E-state index contributed by atoms with van der Waals surface area (Å²) in [4.78, 5) is 2.06. The molecule has 0 aliphatic heterocycles. The fourth-order valence-electron chi connectivity index (χ4n) is 3.36. The van der Waals surface area contributed by atoms with Gasteiger partial charge in [-0.25, -0.2) is 0 Å². The summed E-state index contributed by atoms with van der Waals surface area (Å²) in [6.45, 7) is 7.69. The standard InChI is InChI=1S/C22H45N.C5H11N/c1-2-3-4-5-6-7-8-9-10-11-12-13-14-15-16-17-18-19-20-21-22-23;1-4-5-6(2)3/h9-10H,2-8,11-23H2,1H3;4H,1,5H2,2-3H3/b10-9-;. The van der Waals surface area contributed by atoms with Crippen LogP contribution >= 0.6 is 0 Å². The van der Waals surface area contributed by atoms with Gasteiger partial charge < -0.3 is 10.6 Å². The number of allylic oxidation sites excluding steroid dienone is 2. The van der Waals surface area contributed by atoms with Gasteiger partial charge in [-0.15, -0.1) is 6.58 Å². The van der Waals surface area contributed by atoms with E-state index in [0.29, 0.717) is 0 Å². The van der Waals surface area contributed by atoms with Crippen LogP contribution in [0.5, 0.6) is 0 Å². The van der Waals surface area contributed by atoms with Crippen molar-refractivity contribution in [3.8, 4) is 0 Å². The minimum Gasteiger partial charge on any atom is -0.330 e. The Balaban J connectivity index is 0. The number of hydrogen-bond acceptors (Lipinski definition) is 2. The zero-order chi connectivity index (χ0) is 21.8. The molecule has 0 rings (SSSR count). The number of rotatable bonds is 21. The first-order chi connectivity index (χ1) is 14.2. The Kier molecular flexibility index (Phi) is 31.2. The van der Waals surface area contributed by atoms with Crippen molar-refractivity contribution in [1.29, 1.82) is 0 Å². The fraction of sp³-hybridized carbons (Fsp3) is 0.852. The Morgan fingerprint density at radius 1 is 0.621 bits per heavy atom. The summed E-state index contributed by atoms with van der Waals surface area (Å²) in [6.07, 6.45) is 31.7. The molecule has 2 N–H and O–H groups in total. The lowest BCUT2D eigenvalue weighted by Crippen LogP contribution is -2.09. The molecule has 0 atom stereocenters. The van der Waals surface area contributed by atoms with Gasteiger partial charge in [-0.2, -0.15) is 0 Å². The van der Waals surface area contributed by atoms with Crippen LogP contribution in [0.2, 0.25) is 0 Å². The van der Waals surface area contributed by atoms with Crippen LogP contribution in [0.25, 0.3) is 0 Å². The Bertz CT molecular complexity index is 310. The highest BCUT2D eigenvalue weighted by atomic mass is 15.0. The molecular formula is C27H56N2. The highest BCUT2D eigenvalue weighted by Crippen LogP contribution is 2.12. The molecule has 0 unspecified atom stereocenters. The van der Waals surface area contributed by atoms with Crippen molar-refractivity contribution in [2.75, 3.05) is 27.2 Å². The van der Waals surface area contributed by atoms with Crippen LogP contribution in [0.15, 0.2) is 24.8 Å². The maximum Gasteiger partial charge on any atom is 0.0154 e. The van der Waals surface area contributed by atoms with Crippen molar-refractivity contribution in [3.63, 3.8) is 0 Å². The summed E-state index contributed by atoms with van der Waals surface area (Å²) in [5.41, 5.74) is 5.50. The first-order valence-electron chi connectivity index (χ1n) is 12.8. The molecule has 0 spiro atoms. The lowest BCUT2D eigenvalue weighted by atomic mass is 10.1. The summed E-state index contributed by atoms with van der Waals surface area (Å²) < 4.78 is 0. The summed E-state index contributed by atoms with van der Waals surface area (Å²) in [7, 11) is 4.03. The van der Waals surface area contributed by atoms with E-state index in [4.69, 9.17) is 5.73 Å². The van der Waals surface area contributed by atoms with Crippen molar-refractivity contribution < 1.29 is 0 Å². The van der Waals surface area contributed by atoms with Crippen LogP contribution in [0, 0.1) is 0 Å². The summed E-state index contributed by atoms with van der Waals surface area (Å²) >= 11 is 0. The smallest absolute Gasteiger partial charge is 0.0154 e. The van der Waals surface area contributed by atoms with Crippen LogP contribution < -0.4 is 5.73 Å². The highest BCUT2D eigenvalue weighted by Gasteiger charge is 1.92. The Morgan fingerprint density at radius 2 is 1.00 bits per heavy atom. The normalized spacial score (nSPS) is 11.1. The van der Waals surface area contributed by atoms with Crippen molar-refractivity contribution >= 4 is 0 Å². The monoisotopic (exact) mass is 408 g/mol. The average molecular weight is 409 g/mol. The third kappa shape index (κ3) is 35.2. The fourth-order valence-corrected chi connectivity index (χ4v) is 3.36. The molecule has 0 aromatic rings. The van der Waals surface area contributed by atoms with Crippen molar-refractivity contribution in [3.05, 3.63) is 24.8 Å². The van der Waals surface area contributed by atoms with Crippen LogP contribution in [0.1, 0.15) is 122 Å². The van der Waals surface area contributed by atoms with Gasteiger partial charge in [-0.3, -0.25) is 0 Å². The van der Waals surface area contributed by atoms with Gasteiger partial charge in [0, 0.05) is 6.54 Å². The minimum absolute atomic E-state index is 0.868. The molecule has 0 aliphatic rings. The van der Waals surface area contributed by atoms with Gasteiger partial charge in [-0.05, 0) is 52.7 Å². The molecule has 0 fully saturated rings. The second-order valence-electron chi connectivity index (χ2n) is 8.69. The quantitative estimate of drug-likeness (QED) is 0.153. The largest absolute Gasteiger partial charge is 0.330 e.